The molecule has 108 valence electrons. The fraction of sp³-hybridized carbons (Fsp3) is 0. The van der Waals surface area contributed by atoms with E-state index in [1.165, 1.54) is 0 Å². The fourth-order valence-corrected chi connectivity index (χ4v) is 0. The van der Waals surface area contributed by atoms with Gasteiger partial charge in [-0.3, -0.25) is 25.3 Å². The van der Waals surface area contributed by atoms with E-state index in [-0.39, 0.29) is 52.1 Å². The molecule has 18 heteroatoms. The average molecular weight is 444 g/mol. The third-order valence-electron chi connectivity index (χ3n) is 0. The van der Waals surface area contributed by atoms with Crippen molar-refractivity contribution in [3.05, 3.63) is 0 Å². The van der Waals surface area contributed by atoms with Crippen LogP contribution in [0.25, 0.3) is 0 Å². The van der Waals surface area contributed by atoms with E-state index in [2.05, 4.69) is 0 Å². The summed E-state index contributed by atoms with van der Waals surface area (Å²) in [4.78, 5) is 0. The van der Waals surface area contributed by atoms with Crippen LogP contribution in [0.2, 0.25) is 0 Å². The van der Waals surface area contributed by atoms with E-state index in [1.807, 2.05) is 0 Å². The molecule has 0 aliphatic heterocycles. The molecular formula is Cr3O12S3. The van der Waals surface area contributed by atoms with Crippen LogP contribution in [-0.4, -0.2) is 52.6 Å². The minimum absolute atomic E-state index is 0. The van der Waals surface area contributed by atoms with Crippen LogP contribution >= 0.6 is 0 Å². The van der Waals surface area contributed by atoms with Gasteiger partial charge in [-0.1, -0.05) is 0 Å². The van der Waals surface area contributed by atoms with Crippen LogP contribution in [0.4, 0.5) is 0 Å². The first-order valence-corrected chi connectivity index (χ1v) is 6.00. The zero-order valence-electron chi connectivity index (χ0n) is 7.35. The van der Waals surface area contributed by atoms with Crippen molar-refractivity contribution in [1.82, 2.24) is 0 Å². The first kappa shape index (κ1) is 36.5. The molecule has 0 aromatic rings. The molecule has 0 unspecified atom stereocenters. The zero-order chi connectivity index (χ0) is 13.5. The van der Waals surface area contributed by atoms with Gasteiger partial charge in [-0.25, -0.2) is 0 Å². The third-order valence-corrected chi connectivity index (χ3v) is 0. The summed E-state index contributed by atoms with van der Waals surface area (Å²) in [5.41, 5.74) is 0. The van der Waals surface area contributed by atoms with Gasteiger partial charge >= 0.3 is 34.7 Å². The van der Waals surface area contributed by atoms with Gasteiger partial charge in [0.2, 0.25) is 0 Å². The number of hydrogen-bond acceptors (Lipinski definition) is 12. The largest absolute Gasteiger partial charge is 3.00 e. The Morgan fingerprint density at radius 1 is 0.444 bits per heavy atom. The summed E-state index contributed by atoms with van der Waals surface area (Å²) < 4.78 is 102. The van der Waals surface area contributed by atoms with E-state index in [0.717, 1.165) is 0 Å². The molecule has 0 bridgehead atoms. The van der Waals surface area contributed by atoms with Gasteiger partial charge in [-0.15, -0.1) is 0 Å². The molecule has 0 aliphatic rings. The molecule has 0 rings (SSSR count). The number of hydrogen-bond donors (Lipinski definition) is 0. The zero-order valence-corrected chi connectivity index (χ0v) is 13.6. The van der Waals surface area contributed by atoms with Gasteiger partial charge < -0.3 is 27.3 Å². The molecule has 0 amide bonds. The first-order valence-electron chi connectivity index (χ1n) is 2.00. The van der Waals surface area contributed by atoms with Crippen LogP contribution in [0.3, 0.4) is 0 Å². The Morgan fingerprint density at radius 2 is 0.444 bits per heavy atom. The van der Waals surface area contributed by atoms with Gasteiger partial charge in [0.25, 0.3) is 0 Å². The van der Waals surface area contributed by atoms with Gasteiger partial charge in [0.05, 0.1) is 0 Å². The first-order chi connectivity index (χ1) is 6.00. The second-order valence-corrected chi connectivity index (χ2v) is 3.67. The van der Waals surface area contributed by atoms with E-state index < -0.39 is 31.2 Å². The van der Waals surface area contributed by atoms with Gasteiger partial charge in [-0.2, -0.15) is 0 Å². The molecule has 0 N–H and O–H groups in total. The second kappa shape index (κ2) is 14.6. The summed E-state index contributed by atoms with van der Waals surface area (Å²) in [5, 5.41) is 0. The Kier molecular flexibility index (Phi) is 29.6. The maximum atomic E-state index is 8.52. The van der Waals surface area contributed by atoms with Gasteiger partial charge in [0.15, 0.2) is 0 Å². The average Bonchev–Trinajstić information content (AvgIpc) is 1.41. The Morgan fingerprint density at radius 3 is 0.444 bits per heavy atom. The fourth-order valence-electron chi connectivity index (χ4n) is 0. The molecule has 0 aliphatic carbocycles. The Labute approximate surface area is 135 Å². The third kappa shape index (κ3) is 3100. The predicted octanol–water partition coefficient (Wildman–Crippen LogP) is -4.02. The van der Waals surface area contributed by atoms with Gasteiger partial charge in [-0.05, 0) is 0 Å². The molecule has 0 aromatic carbocycles. The van der Waals surface area contributed by atoms with E-state index >= 15 is 0 Å². The minimum atomic E-state index is -5.17. The Bertz CT molecular complexity index is 343. The van der Waals surface area contributed by atoms with Crippen molar-refractivity contribution >= 4 is 31.2 Å². The van der Waals surface area contributed by atoms with Crippen LogP contribution in [0, 0.1) is 0 Å². The van der Waals surface area contributed by atoms with Crippen LogP contribution in [0.1, 0.15) is 0 Å². The van der Waals surface area contributed by atoms with Crippen LogP contribution in [-0.2, 0) is 83.3 Å². The maximum Gasteiger partial charge on any atom is 3.00 e. The number of rotatable bonds is 0. The monoisotopic (exact) mass is 444 g/mol. The molecule has 0 saturated carbocycles. The molecule has 0 atom stereocenters. The molecule has 0 spiro atoms. The van der Waals surface area contributed by atoms with E-state index in [0.29, 0.717) is 0 Å². The van der Waals surface area contributed by atoms with Gasteiger partial charge in [0.1, 0.15) is 0 Å². The molecule has 0 heterocycles. The summed E-state index contributed by atoms with van der Waals surface area (Å²) in [6.45, 7) is 0. The van der Waals surface area contributed by atoms with Crippen molar-refractivity contribution in [3.8, 4) is 0 Å². The summed E-state index contributed by atoms with van der Waals surface area (Å²) >= 11 is 0. The summed E-state index contributed by atoms with van der Waals surface area (Å²) in [6.07, 6.45) is 0. The molecule has 12 nitrogen and oxygen atoms in total. The van der Waals surface area contributed by atoms with E-state index in [9.17, 15) is 0 Å². The summed E-state index contributed by atoms with van der Waals surface area (Å²) in [5.74, 6) is 0. The van der Waals surface area contributed by atoms with Crippen LogP contribution in [0.15, 0.2) is 0 Å². The van der Waals surface area contributed by atoms with Gasteiger partial charge in [0, 0.05) is 48.6 Å². The summed E-state index contributed by atoms with van der Waals surface area (Å²) in [6, 6.07) is 0. The topological polar surface area (TPSA) is 241 Å². The van der Waals surface area contributed by atoms with Crippen molar-refractivity contribution in [1.29, 1.82) is 0 Å². The van der Waals surface area contributed by atoms with Crippen LogP contribution < -0.4 is 0 Å². The molecule has 0 fully saturated rings. The molecule has 2 radical (unpaired) electrons. The normalized spacial score (nSPS) is 9.67. The van der Waals surface area contributed by atoms with Crippen molar-refractivity contribution in [2.75, 3.05) is 0 Å². The maximum absolute atomic E-state index is 8.52. The van der Waals surface area contributed by atoms with Crippen molar-refractivity contribution < 1.29 is 105 Å². The minimum Gasteiger partial charge on any atom is -0.759 e. The Hall–Kier alpha value is 1.21. The molecule has 18 heavy (non-hydrogen) atoms. The molecule has 0 aromatic heterocycles. The predicted molar refractivity (Wildman–Crippen MR) is 31.4 cm³/mol. The SMILES string of the molecule is O=S(=O)([O-])[O-].O=S(=O)([O-])[O-].O=S(=O)([O-])[O-].[Cr+3].[Cr+3].[Cr]. The van der Waals surface area contributed by atoms with Crippen LogP contribution in [0.5, 0.6) is 0 Å². The van der Waals surface area contributed by atoms with Crippen molar-refractivity contribution in [2.24, 2.45) is 0 Å². The van der Waals surface area contributed by atoms with Crippen molar-refractivity contribution in [3.63, 3.8) is 0 Å². The summed E-state index contributed by atoms with van der Waals surface area (Å²) in [7, 11) is -15.5. The second-order valence-electron chi connectivity index (χ2n) is 1.22. The van der Waals surface area contributed by atoms with E-state index in [1.54, 1.807) is 0 Å². The standard InChI is InChI=1S/3Cr.3H2O4S/c;;;3*1-5(2,3)4/h;;;3*(H2,1,2,3,4)/q;2*+3;;;/p-6. The Balaban J connectivity index is -0.0000000277. The smallest absolute Gasteiger partial charge is 0.759 e. The molecule has 0 saturated heterocycles. The van der Waals surface area contributed by atoms with Crippen molar-refractivity contribution in [2.45, 2.75) is 0 Å². The van der Waals surface area contributed by atoms with E-state index in [4.69, 9.17) is 52.6 Å². The quantitative estimate of drug-likeness (QED) is 0.256. The molecular weight excluding hydrogens is 444 g/mol.